The standard InChI is InChI=1S/C54H37N/c1-4-12-38(13-5-1)39-20-22-40(23-21-39)41-24-29-47(30-25-41)55(46-17-8-3-9-18-46)48-31-35-51(54(37-48)42-14-6-2-7-15-42)45-27-32-50-44(36-45)28-34-52-49-19-11-10-16-43(49)26-33-53(50)52/h1-37H. The minimum atomic E-state index is 1.10. The van der Waals surface area contributed by atoms with E-state index in [2.05, 4.69) is 229 Å². The van der Waals surface area contributed by atoms with Gasteiger partial charge in [-0.1, -0.05) is 182 Å². The van der Waals surface area contributed by atoms with Crippen LogP contribution in [0.4, 0.5) is 17.1 Å². The smallest absolute Gasteiger partial charge is 0.0468 e. The van der Waals surface area contributed by atoms with Gasteiger partial charge < -0.3 is 4.90 Å². The van der Waals surface area contributed by atoms with Crippen LogP contribution in [0.1, 0.15) is 0 Å². The largest absolute Gasteiger partial charge is 0.310 e. The molecule has 258 valence electrons. The van der Waals surface area contributed by atoms with Crippen molar-refractivity contribution in [2.24, 2.45) is 0 Å². The summed E-state index contributed by atoms with van der Waals surface area (Å²) in [5.41, 5.74) is 12.9. The Balaban J connectivity index is 1.05. The fourth-order valence-electron chi connectivity index (χ4n) is 8.09. The van der Waals surface area contributed by atoms with Gasteiger partial charge >= 0.3 is 0 Å². The van der Waals surface area contributed by atoms with E-state index in [1.807, 2.05) is 0 Å². The van der Waals surface area contributed by atoms with Crippen LogP contribution in [-0.2, 0) is 0 Å². The second kappa shape index (κ2) is 14.0. The molecular formula is C54H37N. The molecule has 55 heavy (non-hydrogen) atoms. The van der Waals surface area contributed by atoms with Gasteiger partial charge in [0, 0.05) is 17.1 Å². The molecule has 0 amide bonds. The lowest BCUT2D eigenvalue weighted by Crippen LogP contribution is -2.10. The van der Waals surface area contributed by atoms with Crippen molar-refractivity contribution in [1.82, 2.24) is 0 Å². The van der Waals surface area contributed by atoms with Gasteiger partial charge in [-0.15, -0.1) is 0 Å². The highest BCUT2D eigenvalue weighted by atomic mass is 15.1. The topological polar surface area (TPSA) is 3.24 Å². The van der Waals surface area contributed by atoms with Crippen molar-refractivity contribution >= 4 is 49.4 Å². The summed E-state index contributed by atoms with van der Waals surface area (Å²) in [5, 5.41) is 7.66. The number of fused-ring (bicyclic) bond motifs is 5. The van der Waals surface area contributed by atoms with E-state index in [0.717, 1.165) is 17.1 Å². The lowest BCUT2D eigenvalue weighted by atomic mass is 9.91. The number of nitrogens with zero attached hydrogens (tertiary/aromatic N) is 1. The molecule has 0 bridgehead atoms. The molecule has 0 atom stereocenters. The van der Waals surface area contributed by atoms with Gasteiger partial charge in [-0.25, -0.2) is 0 Å². The molecule has 0 spiro atoms. The monoisotopic (exact) mass is 699 g/mol. The van der Waals surface area contributed by atoms with Gasteiger partial charge in [0.2, 0.25) is 0 Å². The predicted octanol–water partition coefficient (Wildman–Crippen LogP) is 15.3. The summed E-state index contributed by atoms with van der Waals surface area (Å²) < 4.78 is 0. The van der Waals surface area contributed by atoms with Crippen LogP contribution in [0.3, 0.4) is 0 Å². The van der Waals surface area contributed by atoms with E-state index in [9.17, 15) is 0 Å². The number of rotatable bonds is 7. The van der Waals surface area contributed by atoms with E-state index >= 15 is 0 Å². The Hall–Kier alpha value is -7.22. The molecule has 10 aromatic rings. The Morgan fingerprint density at radius 1 is 0.218 bits per heavy atom. The average Bonchev–Trinajstić information content (AvgIpc) is 3.27. The first-order valence-corrected chi connectivity index (χ1v) is 18.9. The van der Waals surface area contributed by atoms with Gasteiger partial charge in [0.15, 0.2) is 0 Å². The van der Waals surface area contributed by atoms with Crippen LogP contribution in [0.15, 0.2) is 224 Å². The second-order valence-corrected chi connectivity index (χ2v) is 14.1. The summed E-state index contributed by atoms with van der Waals surface area (Å²) in [6, 6.07) is 81.4. The molecule has 1 heteroatoms. The predicted molar refractivity (Wildman–Crippen MR) is 235 cm³/mol. The maximum atomic E-state index is 2.36. The minimum Gasteiger partial charge on any atom is -0.310 e. The molecule has 0 saturated carbocycles. The van der Waals surface area contributed by atoms with Crippen LogP contribution in [0.2, 0.25) is 0 Å². The fourth-order valence-corrected chi connectivity index (χ4v) is 8.09. The van der Waals surface area contributed by atoms with Crippen molar-refractivity contribution < 1.29 is 0 Å². The third-order valence-electron chi connectivity index (χ3n) is 10.9. The zero-order chi connectivity index (χ0) is 36.6. The molecule has 10 aromatic carbocycles. The molecule has 1 nitrogen and oxygen atoms in total. The highest BCUT2D eigenvalue weighted by molar-refractivity contribution is 6.17. The second-order valence-electron chi connectivity index (χ2n) is 14.1. The number of hydrogen-bond donors (Lipinski definition) is 0. The zero-order valence-electron chi connectivity index (χ0n) is 30.3. The number of hydrogen-bond acceptors (Lipinski definition) is 1. The van der Waals surface area contributed by atoms with Crippen LogP contribution in [-0.4, -0.2) is 0 Å². The molecule has 0 fully saturated rings. The number of benzene rings is 10. The highest BCUT2D eigenvalue weighted by Crippen LogP contribution is 2.42. The third-order valence-corrected chi connectivity index (χ3v) is 10.9. The van der Waals surface area contributed by atoms with Gasteiger partial charge in [0.25, 0.3) is 0 Å². The summed E-state index contributed by atoms with van der Waals surface area (Å²) in [6.45, 7) is 0. The number of para-hydroxylation sites is 1. The summed E-state index contributed by atoms with van der Waals surface area (Å²) in [4.78, 5) is 2.36. The maximum Gasteiger partial charge on any atom is 0.0468 e. The van der Waals surface area contributed by atoms with E-state index in [-0.39, 0.29) is 0 Å². The average molecular weight is 700 g/mol. The molecule has 0 unspecified atom stereocenters. The van der Waals surface area contributed by atoms with Gasteiger partial charge in [-0.2, -0.15) is 0 Å². The SMILES string of the molecule is c1ccc(-c2ccc(-c3ccc(N(c4ccccc4)c4ccc(-c5ccc6c(ccc7c8ccccc8ccc67)c5)c(-c5ccccc5)c4)cc3)cc2)cc1. The molecule has 0 aliphatic carbocycles. The molecule has 0 aromatic heterocycles. The van der Waals surface area contributed by atoms with E-state index < -0.39 is 0 Å². The Kier molecular flexibility index (Phi) is 8.24. The lowest BCUT2D eigenvalue weighted by molar-refractivity contribution is 1.28. The van der Waals surface area contributed by atoms with E-state index in [0.29, 0.717) is 0 Å². The Labute approximate surface area is 322 Å². The van der Waals surface area contributed by atoms with Gasteiger partial charge in [-0.05, 0) is 119 Å². The lowest BCUT2D eigenvalue weighted by Gasteiger charge is -2.27. The maximum absolute atomic E-state index is 2.36. The molecular weight excluding hydrogens is 663 g/mol. The van der Waals surface area contributed by atoms with Crippen molar-refractivity contribution in [3.63, 3.8) is 0 Å². The van der Waals surface area contributed by atoms with Crippen molar-refractivity contribution in [2.45, 2.75) is 0 Å². The minimum absolute atomic E-state index is 1.10. The Bertz CT molecular complexity index is 2930. The number of anilines is 3. The summed E-state index contributed by atoms with van der Waals surface area (Å²) in [6.07, 6.45) is 0. The quantitative estimate of drug-likeness (QED) is 0.150. The van der Waals surface area contributed by atoms with Crippen molar-refractivity contribution in [1.29, 1.82) is 0 Å². The van der Waals surface area contributed by atoms with Crippen molar-refractivity contribution in [2.75, 3.05) is 4.90 Å². The molecule has 0 aliphatic heterocycles. The molecule has 0 saturated heterocycles. The molecule has 0 radical (unpaired) electrons. The van der Waals surface area contributed by atoms with Crippen LogP contribution < -0.4 is 4.90 Å². The van der Waals surface area contributed by atoms with Crippen LogP contribution in [0.5, 0.6) is 0 Å². The Morgan fingerprint density at radius 2 is 0.673 bits per heavy atom. The summed E-state index contributed by atoms with van der Waals surface area (Å²) in [7, 11) is 0. The molecule has 0 aliphatic rings. The summed E-state index contributed by atoms with van der Waals surface area (Å²) in [5.74, 6) is 0. The molecule has 0 N–H and O–H groups in total. The van der Waals surface area contributed by atoms with Crippen LogP contribution in [0.25, 0.3) is 76.8 Å². The van der Waals surface area contributed by atoms with Crippen molar-refractivity contribution in [3.05, 3.63) is 224 Å². The first-order valence-electron chi connectivity index (χ1n) is 18.9. The van der Waals surface area contributed by atoms with Crippen LogP contribution in [0, 0.1) is 0 Å². The fraction of sp³-hybridized carbons (Fsp3) is 0. The van der Waals surface area contributed by atoms with Crippen molar-refractivity contribution in [3.8, 4) is 44.5 Å². The van der Waals surface area contributed by atoms with E-state index in [1.54, 1.807) is 0 Å². The van der Waals surface area contributed by atoms with Gasteiger partial charge in [-0.3, -0.25) is 0 Å². The van der Waals surface area contributed by atoms with Gasteiger partial charge in [0.1, 0.15) is 0 Å². The normalized spacial score (nSPS) is 11.3. The zero-order valence-corrected chi connectivity index (χ0v) is 30.3. The first-order chi connectivity index (χ1) is 27.3. The van der Waals surface area contributed by atoms with Gasteiger partial charge in [0.05, 0.1) is 0 Å². The molecule has 10 rings (SSSR count). The van der Waals surface area contributed by atoms with Crippen LogP contribution >= 0.6 is 0 Å². The first kappa shape index (κ1) is 32.4. The highest BCUT2D eigenvalue weighted by Gasteiger charge is 2.17. The Morgan fingerprint density at radius 3 is 1.35 bits per heavy atom. The van der Waals surface area contributed by atoms with E-state index in [4.69, 9.17) is 0 Å². The van der Waals surface area contributed by atoms with E-state index in [1.165, 1.54) is 76.8 Å². The third kappa shape index (κ3) is 6.12. The molecule has 0 heterocycles. The summed E-state index contributed by atoms with van der Waals surface area (Å²) >= 11 is 0.